The second-order valence-corrected chi connectivity index (χ2v) is 6.22. The number of Topliss-reactive ketones (excluding diaryl/α,β-unsaturated/α-hetero) is 1. The van der Waals surface area contributed by atoms with Gasteiger partial charge in [0.2, 0.25) is 0 Å². The topological polar surface area (TPSA) is 17.1 Å². The van der Waals surface area contributed by atoms with Gasteiger partial charge in [-0.1, -0.05) is 32.9 Å². The minimum absolute atomic E-state index is 0.0521. The van der Waals surface area contributed by atoms with Crippen LogP contribution in [0.25, 0.3) is 10.1 Å². The lowest BCUT2D eigenvalue weighted by atomic mass is 9.88. The molecule has 0 unspecified atom stereocenters. The lowest BCUT2D eigenvalue weighted by Crippen LogP contribution is -2.13. The second kappa shape index (κ2) is 4.02. The van der Waals surface area contributed by atoms with Crippen molar-refractivity contribution in [2.75, 3.05) is 0 Å². The van der Waals surface area contributed by atoms with Crippen LogP contribution in [0.3, 0.4) is 0 Å². The summed E-state index contributed by atoms with van der Waals surface area (Å²) >= 11 is 1.65. The zero-order chi connectivity index (χ0) is 11.8. The van der Waals surface area contributed by atoms with Crippen LogP contribution in [0, 0.1) is 5.41 Å². The standard InChI is InChI=1S/C14H16OS/c1-14(2,3)9-12(15)11-6-4-5-10-7-8-16-13(10)11/h4-8H,9H2,1-3H3. The van der Waals surface area contributed by atoms with E-state index >= 15 is 0 Å². The maximum absolute atomic E-state index is 12.2. The molecule has 0 spiro atoms. The van der Waals surface area contributed by atoms with E-state index in [1.807, 2.05) is 17.5 Å². The Labute approximate surface area is 100 Å². The molecule has 0 fully saturated rings. The zero-order valence-corrected chi connectivity index (χ0v) is 10.7. The highest BCUT2D eigenvalue weighted by molar-refractivity contribution is 7.17. The van der Waals surface area contributed by atoms with E-state index in [9.17, 15) is 4.79 Å². The van der Waals surface area contributed by atoms with Crippen molar-refractivity contribution in [3.05, 3.63) is 35.2 Å². The number of ketones is 1. The molecule has 1 nitrogen and oxygen atoms in total. The molecular weight excluding hydrogens is 216 g/mol. The highest BCUT2D eigenvalue weighted by atomic mass is 32.1. The van der Waals surface area contributed by atoms with E-state index in [4.69, 9.17) is 0 Å². The highest BCUT2D eigenvalue weighted by Crippen LogP contribution is 2.28. The third-order valence-corrected chi connectivity index (χ3v) is 3.43. The number of thiophene rings is 1. The molecule has 0 bridgehead atoms. The van der Waals surface area contributed by atoms with Crippen LogP contribution in [0.2, 0.25) is 0 Å². The summed E-state index contributed by atoms with van der Waals surface area (Å²) in [6, 6.07) is 8.02. The van der Waals surface area contributed by atoms with Crippen LogP contribution >= 0.6 is 11.3 Å². The van der Waals surface area contributed by atoms with Gasteiger partial charge in [-0.05, 0) is 28.3 Å². The summed E-state index contributed by atoms with van der Waals surface area (Å²) in [5.74, 6) is 0.251. The Morgan fingerprint density at radius 3 is 2.69 bits per heavy atom. The molecule has 1 aromatic carbocycles. The predicted octanol–water partition coefficient (Wildman–Crippen LogP) is 4.52. The summed E-state index contributed by atoms with van der Waals surface area (Å²) in [6.07, 6.45) is 0.601. The van der Waals surface area contributed by atoms with Gasteiger partial charge in [0.15, 0.2) is 5.78 Å². The van der Waals surface area contributed by atoms with Crippen LogP contribution < -0.4 is 0 Å². The first-order valence-corrected chi connectivity index (χ1v) is 6.35. The quantitative estimate of drug-likeness (QED) is 0.696. The zero-order valence-electron chi connectivity index (χ0n) is 9.91. The molecule has 1 heterocycles. The summed E-state index contributed by atoms with van der Waals surface area (Å²) in [6.45, 7) is 6.29. The fourth-order valence-electron chi connectivity index (χ4n) is 1.79. The average molecular weight is 232 g/mol. The van der Waals surface area contributed by atoms with E-state index in [2.05, 4.69) is 32.9 Å². The molecule has 0 saturated heterocycles. The maximum Gasteiger partial charge on any atom is 0.164 e. The summed E-state index contributed by atoms with van der Waals surface area (Å²) in [5.41, 5.74) is 0.929. The molecule has 0 atom stereocenters. The predicted molar refractivity (Wildman–Crippen MR) is 70.2 cm³/mol. The first-order valence-electron chi connectivity index (χ1n) is 5.47. The van der Waals surface area contributed by atoms with Crippen LogP contribution in [-0.2, 0) is 0 Å². The van der Waals surface area contributed by atoms with Gasteiger partial charge in [0.05, 0.1) is 0 Å². The minimum Gasteiger partial charge on any atom is -0.294 e. The van der Waals surface area contributed by atoms with E-state index < -0.39 is 0 Å². The van der Waals surface area contributed by atoms with Crippen LogP contribution in [0.5, 0.6) is 0 Å². The van der Waals surface area contributed by atoms with Crippen molar-refractivity contribution in [1.29, 1.82) is 0 Å². The van der Waals surface area contributed by atoms with E-state index in [1.165, 1.54) is 5.39 Å². The van der Waals surface area contributed by atoms with Crippen LogP contribution in [0.15, 0.2) is 29.6 Å². The highest BCUT2D eigenvalue weighted by Gasteiger charge is 2.19. The lowest BCUT2D eigenvalue weighted by molar-refractivity contribution is 0.0941. The number of fused-ring (bicyclic) bond motifs is 1. The summed E-state index contributed by atoms with van der Waals surface area (Å²) in [5, 5.41) is 3.21. The Balaban J connectivity index is 2.40. The van der Waals surface area contributed by atoms with E-state index in [-0.39, 0.29) is 11.2 Å². The Hall–Kier alpha value is -1.15. The SMILES string of the molecule is CC(C)(C)CC(=O)c1cccc2ccsc12. The molecule has 2 heteroatoms. The molecule has 0 radical (unpaired) electrons. The first kappa shape index (κ1) is 11.3. The van der Waals surface area contributed by atoms with Crippen LogP contribution in [-0.4, -0.2) is 5.78 Å². The van der Waals surface area contributed by atoms with Crippen molar-refractivity contribution in [3.8, 4) is 0 Å². The summed E-state index contributed by atoms with van der Waals surface area (Å²) in [7, 11) is 0. The molecule has 84 valence electrons. The fourth-order valence-corrected chi connectivity index (χ4v) is 2.72. The van der Waals surface area contributed by atoms with Crippen LogP contribution in [0.4, 0.5) is 0 Å². The normalized spacial score (nSPS) is 11.9. The number of carbonyl (C=O) groups excluding carboxylic acids is 1. The maximum atomic E-state index is 12.2. The third-order valence-electron chi connectivity index (χ3n) is 2.47. The first-order chi connectivity index (χ1) is 7.47. The van der Waals surface area contributed by atoms with Crippen molar-refractivity contribution >= 4 is 27.2 Å². The van der Waals surface area contributed by atoms with Crippen LogP contribution in [0.1, 0.15) is 37.6 Å². The monoisotopic (exact) mass is 232 g/mol. The molecule has 0 saturated carbocycles. The van der Waals surface area contributed by atoms with E-state index in [1.54, 1.807) is 11.3 Å². The Morgan fingerprint density at radius 1 is 1.25 bits per heavy atom. The Morgan fingerprint density at radius 2 is 2.00 bits per heavy atom. The fraction of sp³-hybridized carbons (Fsp3) is 0.357. The molecule has 0 aliphatic rings. The van der Waals surface area contributed by atoms with Gasteiger partial charge < -0.3 is 0 Å². The number of hydrogen-bond acceptors (Lipinski definition) is 2. The lowest BCUT2D eigenvalue weighted by Gasteiger charge is -2.16. The number of benzene rings is 1. The molecule has 1 aromatic heterocycles. The van der Waals surface area contributed by atoms with Crippen molar-refractivity contribution in [2.45, 2.75) is 27.2 Å². The molecule has 0 aliphatic heterocycles. The van der Waals surface area contributed by atoms with E-state index in [0.29, 0.717) is 6.42 Å². The molecule has 0 N–H and O–H groups in total. The van der Waals surface area contributed by atoms with Crippen molar-refractivity contribution in [3.63, 3.8) is 0 Å². The van der Waals surface area contributed by atoms with Gasteiger partial charge in [-0.2, -0.15) is 0 Å². The van der Waals surface area contributed by atoms with Gasteiger partial charge in [0, 0.05) is 16.7 Å². The smallest absolute Gasteiger partial charge is 0.164 e. The second-order valence-electron chi connectivity index (χ2n) is 5.31. The molecule has 2 aromatic rings. The van der Waals surface area contributed by atoms with Gasteiger partial charge in [-0.15, -0.1) is 11.3 Å². The largest absolute Gasteiger partial charge is 0.294 e. The van der Waals surface area contributed by atoms with Crippen molar-refractivity contribution in [2.24, 2.45) is 5.41 Å². The summed E-state index contributed by atoms with van der Waals surface area (Å²) < 4.78 is 1.12. The van der Waals surface area contributed by atoms with Gasteiger partial charge in [-0.3, -0.25) is 4.79 Å². The molecule has 0 aliphatic carbocycles. The van der Waals surface area contributed by atoms with Crippen molar-refractivity contribution in [1.82, 2.24) is 0 Å². The van der Waals surface area contributed by atoms with Gasteiger partial charge in [-0.25, -0.2) is 0 Å². The van der Waals surface area contributed by atoms with Gasteiger partial charge in [0.1, 0.15) is 0 Å². The summed E-state index contributed by atoms with van der Waals surface area (Å²) in [4.78, 5) is 12.2. The molecule has 2 rings (SSSR count). The van der Waals surface area contributed by atoms with E-state index in [0.717, 1.165) is 10.3 Å². The molecular formula is C14H16OS. The Kier molecular flexibility index (Phi) is 2.85. The van der Waals surface area contributed by atoms with Gasteiger partial charge in [0.25, 0.3) is 0 Å². The number of rotatable bonds is 2. The Bertz CT molecular complexity index is 517. The average Bonchev–Trinajstić information content (AvgIpc) is 2.61. The number of carbonyl (C=O) groups is 1. The number of hydrogen-bond donors (Lipinski definition) is 0. The van der Waals surface area contributed by atoms with Gasteiger partial charge >= 0.3 is 0 Å². The molecule has 0 amide bonds. The molecule has 16 heavy (non-hydrogen) atoms. The minimum atomic E-state index is 0.0521. The third kappa shape index (κ3) is 2.33. The van der Waals surface area contributed by atoms with Crippen molar-refractivity contribution < 1.29 is 4.79 Å².